The van der Waals surface area contributed by atoms with E-state index in [4.69, 9.17) is 4.84 Å². The topological polar surface area (TPSA) is 29.5 Å². The zero-order chi connectivity index (χ0) is 16.5. The maximum atomic E-state index is 12.1. The maximum absolute atomic E-state index is 12.1. The van der Waals surface area contributed by atoms with E-state index >= 15 is 0 Å². The van der Waals surface area contributed by atoms with Gasteiger partial charge in [0.15, 0.2) is 0 Å². The predicted octanol–water partition coefficient (Wildman–Crippen LogP) is 4.57. The number of hydrogen-bond donors (Lipinski definition) is 0. The molecule has 1 aromatic rings. The molecule has 0 fully saturated rings. The second-order valence-electron chi connectivity index (χ2n) is 6.23. The van der Waals surface area contributed by atoms with Gasteiger partial charge in [-0.15, -0.1) is 5.06 Å². The smallest absolute Gasteiger partial charge is 0.325 e. The van der Waals surface area contributed by atoms with Gasteiger partial charge in [-0.3, -0.25) is 4.79 Å². The van der Waals surface area contributed by atoms with Gasteiger partial charge >= 0.3 is 5.97 Å². The third-order valence-corrected chi connectivity index (χ3v) is 3.94. The van der Waals surface area contributed by atoms with Crippen LogP contribution in [0.1, 0.15) is 64.5 Å². The van der Waals surface area contributed by atoms with Crippen molar-refractivity contribution in [3.05, 3.63) is 35.4 Å². The molecule has 0 N–H and O–H groups in total. The number of nitrogens with zero attached hydrogens (tertiary/aromatic N) is 1. The minimum Gasteiger partial charge on any atom is -0.368 e. The molecule has 0 radical (unpaired) electrons. The Morgan fingerprint density at radius 1 is 1.09 bits per heavy atom. The lowest BCUT2D eigenvalue weighted by Crippen LogP contribution is -2.27. The minimum atomic E-state index is -0.137. The summed E-state index contributed by atoms with van der Waals surface area (Å²) in [5, 5.41) is 1.70. The number of carbonyl (C=O) groups is 1. The summed E-state index contributed by atoms with van der Waals surface area (Å²) >= 11 is 0. The van der Waals surface area contributed by atoms with Crippen LogP contribution in [0.3, 0.4) is 0 Å². The predicted molar refractivity (Wildman–Crippen MR) is 91.6 cm³/mol. The normalized spacial score (nSPS) is 12.7. The molecule has 0 aliphatic carbocycles. The first-order valence-corrected chi connectivity index (χ1v) is 8.54. The molecule has 0 aliphatic heterocycles. The molecule has 3 nitrogen and oxygen atoms in total. The Hall–Kier alpha value is -1.35. The average molecular weight is 305 g/mol. The second-order valence-corrected chi connectivity index (χ2v) is 6.23. The van der Waals surface area contributed by atoms with Crippen LogP contribution in [-0.4, -0.2) is 24.1 Å². The van der Waals surface area contributed by atoms with Crippen molar-refractivity contribution in [2.75, 3.05) is 13.1 Å². The van der Waals surface area contributed by atoms with Gasteiger partial charge in [-0.2, -0.15) is 0 Å². The minimum absolute atomic E-state index is 0.137. The van der Waals surface area contributed by atoms with Crippen LogP contribution in [0.2, 0.25) is 0 Å². The van der Waals surface area contributed by atoms with Gasteiger partial charge in [0.2, 0.25) is 0 Å². The molecular weight excluding hydrogens is 274 g/mol. The van der Waals surface area contributed by atoms with E-state index in [0.717, 1.165) is 25.9 Å². The van der Waals surface area contributed by atoms with E-state index in [0.29, 0.717) is 12.3 Å². The molecule has 1 unspecified atom stereocenters. The molecule has 1 atom stereocenters. The molecule has 0 heterocycles. The van der Waals surface area contributed by atoms with Crippen molar-refractivity contribution in [2.24, 2.45) is 5.92 Å². The molecule has 0 spiro atoms. The van der Waals surface area contributed by atoms with Crippen molar-refractivity contribution in [3.8, 4) is 0 Å². The third-order valence-electron chi connectivity index (χ3n) is 3.94. The molecule has 0 saturated carbocycles. The fourth-order valence-corrected chi connectivity index (χ4v) is 2.63. The Morgan fingerprint density at radius 2 is 1.68 bits per heavy atom. The summed E-state index contributed by atoms with van der Waals surface area (Å²) in [4.78, 5) is 17.4. The van der Waals surface area contributed by atoms with E-state index in [1.807, 2.05) is 13.8 Å². The van der Waals surface area contributed by atoms with Crippen molar-refractivity contribution in [2.45, 2.75) is 59.8 Å². The first-order valence-electron chi connectivity index (χ1n) is 8.54. The number of hydroxylamine groups is 2. The van der Waals surface area contributed by atoms with Crippen molar-refractivity contribution >= 4 is 5.97 Å². The summed E-state index contributed by atoms with van der Waals surface area (Å²) < 4.78 is 0. The van der Waals surface area contributed by atoms with Crippen molar-refractivity contribution < 1.29 is 9.63 Å². The molecule has 22 heavy (non-hydrogen) atoms. The van der Waals surface area contributed by atoms with E-state index in [-0.39, 0.29) is 11.9 Å². The van der Waals surface area contributed by atoms with Crippen molar-refractivity contribution in [3.63, 3.8) is 0 Å². The van der Waals surface area contributed by atoms with Gasteiger partial charge < -0.3 is 4.84 Å². The molecule has 1 rings (SSSR count). The Morgan fingerprint density at radius 3 is 2.14 bits per heavy atom. The fourth-order valence-electron chi connectivity index (χ4n) is 2.63. The van der Waals surface area contributed by atoms with Gasteiger partial charge in [-0.25, -0.2) is 0 Å². The summed E-state index contributed by atoms with van der Waals surface area (Å²) in [5.74, 6) is 0.759. The van der Waals surface area contributed by atoms with Crippen LogP contribution in [0, 0.1) is 5.92 Å². The number of benzene rings is 1. The lowest BCUT2D eigenvalue weighted by molar-refractivity contribution is -0.189. The first kappa shape index (κ1) is 18.7. The zero-order valence-electron chi connectivity index (χ0n) is 14.8. The quantitative estimate of drug-likeness (QED) is 0.626. The highest BCUT2D eigenvalue weighted by molar-refractivity contribution is 5.70. The average Bonchev–Trinajstić information content (AvgIpc) is 2.50. The molecule has 0 amide bonds. The number of rotatable bonds is 9. The van der Waals surface area contributed by atoms with Crippen LogP contribution < -0.4 is 0 Å². The van der Waals surface area contributed by atoms with Crippen molar-refractivity contribution in [1.29, 1.82) is 0 Å². The van der Waals surface area contributed by atoms with E-state index in [9.17, 15) is 4.79 Å². The Kier molecular flexibility index (Phi) is 8.18. The summed E-state index contributed by atoms with van der Waals surface area (Å²) in [7, 11) is 0. The van der Waals surface area contributed by atoms with Gasteiger partial charge in [0.05, 0.1) is 6.42 Å². The Balaban J connectivity index is 2.65. The van der Waals surface area contributed by atoms with E-state index in [1.54, 1.807) is 5.06 Å². The van der Waals surface area contributed by atoms with Gasteiger partial charge in [-0.1, -0.05) is 45.0 Å². The van der Waals surface area contributed by atoms with Crippen molar-refractivity contribution in [1.82, 2.24) is 5.06 Å². The molecule has 124 valence electrons. The van der Waals surface area contributed by atoms with Crippen LogP contribution in [0.4, 0.5) is 0 Å². The van der Waals surface area contributed by atoms with Crippen LogP contribution in [-0.2, 0) is 16.1 Å². The highest BCUT2D eigenvalue weighted by Crippen LogP contribution is 2.24. The first-order chi connectivity index (χ1) is 10.5. The van der Waals surface area contributed by atoms with E-state index < -0.39 is 0 Å². The lowest BCUT2D eigenvalue weighted by atomic mass is 9.91. The Bertz CT molecular complexity index is 435. The molecule has 3 heteroatoms. The second kappa shape index (κ2) is 9.62. The summed E-state index contributed by atoms with van der Waals surface area (Å²) in [6.07, 6.45) is 2.48. The lowest BCUT2D eigenvalue weighted by Gasteiger charge is -2.20. The summed E-state index contributed by atoms with van der Waals surface area (Å²) in [6.45, 7) is 12.0. The maximum Gasteiger partial charge on any atom is 0.325 e. The van der Waals surface area contributed by atoms with Crippen LogP contribution >= 0.6 is 0 Å². The van der Waals surface area contributed by atoms with Gasteiger partial charge in [0.25, 0.3) is 0 Å². The molecule has 0 aliphatic rings. The zero-order valence-corrected chi connectivity index (χ0v) is 14.8. The molecule has 0 bridgehead atoms. The Labute approximate surface area is 135 Å². The van der Waals surface area contributed by atoms with Gasteiger partial charge in [0.1, 0.15) is 0 Å². The molecule has 0 saturated heterocycles. The summed E-state index contributed by atoms with van der Waals surface area (Å²) in [5.41, 5.74) is 2.59. The fraction of sp³-hybridized carbons (Fsp3) is 0.632. The molecular formula is C19H31NO2. The standard InChI is InChI=1S/C19H31NO2/c1-6-17(14-19(21)22-20(7-2)8-3)18-11-9-16(10-12-18)13-15(4)5/h9-12,15,17H,6-8,13-14H2,1-5H3. The highest BCUT2D eigenvalue weighted by Gasteiger charge is 2.17. The van der Waals surface area contributed by atoms with Crippen LogP contribution in [0.15, 0.2) is 24.3 Å². The van der Waals surface area contributed by atoms with Gasteiger partial charge in [0, 0.05) is 13.1 Å². The van der Waals surface area contributed by atoms with Crippen LogP contribution in [0.25, 0.3) is 0 Å². The SMILES string of the molecule is CCC(CC(=O)ON(CC)CC)c1ccc(CC(C)C)cc1. The van der Waals surface area contributed by atoms with Crippen LogP contribution in [0.5, 0.6) is 0 Å². The summed E-state index contributed by atoms with van der Waals surface area (Å²) in [6, 6.07) is 8.70. The third kappa shape index (κ3) is 6.18. The molecule has 1 aromatic carbocycles. The van der Waals surface area contributed by atoms with Gasteiger partial charge in [-0.05, 0) is 49.7 Å². The number of carbonyl (C=O) groups excluding carboxylic acids is 1. The monoisotopic (exact) mass is 305 g/mol. The van der Waals surface area contributed by atoms with E-state index in [2.05, 4.69) is 45.0 Å². The largest absolute Gasteiger partial charge is 0.368 e. The number of hydrogen-bond acceptors (Lipinski definition) is 3. The molecule has 0 aromatic heterocycles. The van der Waals surface area contributed by atoms with E-state index in [1.165, 1.54) is 11.1 Å². The highest BCUT2D eigenvalue weighted by atomic mass is 16.7.